The molecule has 2 amide bonds. The third kappa shape index (κ3) is 4.82. The highest BCUT2D eigenvalue weighted by molar-refractivity contribution is 5.90. The lowest BCUT2D eigenvalue weighted by molar-refractivity contribution is 0.247. The molecule has 6 heteroatoms. The molecule has 2 aromatic rings. The van der Waals surface area contributed by atoms with Crippen molar-refractivity contribution in [2.24, 2.45) is 16.5 Å². The fraction of sp³-hybridized carbons (Fsp3) is 0.222. The van der Waals surface area contributed by atoms with Crippen LogP contribution >= 0.6 is 0 Å². The normalized spacial score (nSPS) is 11.8. The minimum atomic E-state index is -0.566. The van der Waals surface area contributed by atoms with E-state index < -0.39 is 6.03 Å². The fourth-order valence-electron chi connectivity index (χ4n) is 2.56. The maximum atomic E-state index is 12.1. The zero-order valence-corrected chi connectivity index (χ0v) is 13.9. The van der Waals surface area contributed by atoms with E-state index in [0.29, 0.717) is 0 Å². The van der Waals surface area contributed by atoms with Crippen LogP contribution in [0, 0.1) is 0 Å². The summed E-state index contributed by atoms with van der Waals surface area (Å²) in [6, 6.07) is 16.8. The zero-order chi connectivity index (χ0) is 17.5. The molecule has 0 saturated heterocycles. The Morgan fingerprint density at radius 1 is 1.08 bits per heavy atom. The number of nitrogens with two attached hydrogens (primary N) is 2. The number of urea groups is 1. The molecule has 24 heavy (non-hydrogen) atoms. The summed E-state index contributed by atoms with van der Waals surface area (Å²) in [5, 5.41) is 2.89. The number of amides is 2. The van der Waals surface area contributed by atoms with Crippen molar-refractivity contribution in [3.8, 4) is 0 Å². The maximum Gasteiger partial charge on any atom is 0.344 e. The predicted molar refractivity (Wildman–Crippen MR) is 96.5 cm³/mol. The average molecular weight is 325 g/mol. The van der Waals surface area contributed by atoms with Crippen molar-refractivity contribution in [1.82, 2.24) is 10.2 Å². The first-order valence-corrected chi connectivity index (χ1v) is 7.65. The molecule has 0 aliphatic heterocycles. The van der Waals surface area contributed by atoms with E-state index in [1.54, 1.807) is 0 Å². The van der Waals surface area contributed by atoms with E-state index in [1.807, 2.05) is 62.6 Å². The minimum absolute atomic E-state index is 0.263. The number of carbonyl (C=O) groups excluding carboxylic acids is 1. The number of nitrogens with one attached hydrogen (secondary N) is 1. The van der Waals surface area contributed by atoms with Gasteiger partial charge in [-0.25, -0.2) is 4.79 Å². The van der Waals surface area contributed by atoms with Crippen LogP contribution in [-0.4, -0.2) is 31.0 Å². The van der Waals surface area contributed by atoms with E-state index in [1.165, 1.54) is 0 Å². The summed E-state index contributed by atoms with van der Waals surface area (Å²) in [7, 11) is 4.01. The number of carbonyl (C=O) groups is 1. The van der Waals surface area contributed by atoms with Crippen molar-refractivity contribution in [1.29, 1.82) is 0 Å². The summed E-state index contributed by atoms with van der Waals surface area (Å²) in [6.07, 6.45) is 0. The summed E-state index contributed by atoms with van der Waals surface area (Å²) in [4.78, 5) is 17.7. The molecule has 2 aromatic carbocycles. The summed E-state index contributed by atoms with van der Waals surface area (Å²) in [5.41, 5.74) is 13.7. The van der Waals surface area contributed by atoms with Crippen molar-refractivity contribution in [2.75, 3.05) is 14.1 Å². The van der Waals surface area contributed by atoms with Gasteiger partial charge in [0.1, 0.15) is 0 Å². The monoisotopic (exact) mass is 325 g/mol. The Morgan fingerprint density at radius 2 is 1.71 bits per heavy atom. The van der Waals surface area contributed by atoms with Crippen LogP contribution in [0.15, 0.2) is 59.6 Å². The highest BCUT2D eigenvalue weighted by Crippen LogP contribution is 2.26. The largest absolute Gasteiger partial charge is 0.370 e. The zero-order valence-electron chi connectivity index (χ0n) is 13.9. The van der Waals surface area contributed by atoms with E-state index in [4.69, 9.17) is 11.5 Å². The second-order valence-electron chi connectivity index (χ2n) is 5.77. The number of hydrogen-bond acceptors (Lipinski definition) is 2. The number of nitrogens with zero attached hydrogens (tertiary/aromatic N) is 2. The van der Waals surface area contributed by atoms with Gasteiger partial charge in [0.2, 0.25) is 0 Å². The van der Waals surface area contributed by atoms with Gasteiger partial charge in [-0.3, -0.25) is 0 Å². The highest BCUT2D eigenvalue weighted by Gasteiger charge is 2.19. The molecule has 1 unspecified atom stereocenters. The van der Waals surface area contributed by atoms with Crippen molar-refractivity contribution in [2.45, 2.75) is 12.6 Å². The first kappa shape index (κ1) is 17.5. The van der Waals surface area contributed by atoms with Crippen LogP contribution in [0.1, 0.15) is 22.7 Å². The van der Waals surface area contributed by atoms with E-state index in [0.717, 1.165) is 23.2 Å². The van der Waals surface area contributed by atoms with E-state index in [9.17, 15) is 4.79 Å². The second kappa shape index (κ2) is 8.12. The van der Waals surface area contributed by atoms with Gasteiger partial charge in [0.25, 0.3) is 0 Å². The van der Waals surface area contributed by atoms with Gasteiger partial charge in [-0.15, -0.1) is 0 Å². The lowest BCUT2D eigenvalue weighted by atomic mass is 9.94. The Kier molecular flexibility index (Phi) is 5.92. The van der Waals surface area contributed by atoms with Gasteiger partial charge in [-0.1, -0.05) is 54.6 Å². The Labute approximate surface area is 142 Å². The number of hydrogen-bond donors (Lipinski definition) is 3. The van der Waals surface area contributed by atoms with Crippen LogP contribution < -0.4 is 16.8 Å². The molecule has 1 atom stereocenters. The van der Waals surface area contributed by atoms with Gasteiger partial charge in [0, 0.05) is 6.54 Å². The maximum absolute atomic E-state index is 12.1. The van der Waals surface area contributed by atoms with Crippen molar-refractivity contribution >= 4 is 12.0 Å². The topological polar surface area (TPSA) is 96.7 Å². The molecule has 0 saturated carbocycles. The van der Waals surface area contributed by atoms with E-state index in [-0.39, 0.29) is 12.0 Å². The standard InChI is InChI=1S/C18H23N5O/c1-23(2)12-14-10-6-7-11-15(14)16(13-8-4-3-5-9-13)21-18(24)22-17(19)20/h3-11,16H,12H2,1-2H3,(H5,19,20,21,22,24). The number of guanidine groups is 1. The number of aliphatic imine (C=N–C) groups is 1. The SMILES string of the molecule is CN(C)Cc1ccccc1C(NC(=O)N=C(N)N)c1ccccc1. The van der Waals surface area contributed by atoms with Crippen LogP contribution in [0.3, 0.4) is 0 Å². The molecule has 0 spiro atoms. The van der Waals surface area contributed by atoms with E-state index in [2.05, 4.69) is 21.3 Å². The van der Waals surface area contributed by atoms with Crippen LogP contribution in [0.2, 0.25) is 0 Å². The minimum Gasteiger partial charge on any atom is -0.370 e. The molecule has 5 N–H and O–H groups in total. The first-order valence-electron chi connectivity index (χ1n) is 7.65. The molecule has 0 bridgehead atoms. The quantitative estimate of drug-likeness (QED) is 0.577. The van der Waals surface area contributed by atoms with Crippen molar-refractivity contribution < 1.29 is 4.79 Å². The fourth-order valence-corrected chi connectivity index (χ4v) is 2.56. The smallest absolute Gasteiger partial charge is 0.344 e. The summed E-state index contributed by atoms with van der Waals surface area (Å²) < 4.78 is 0. The van der Waals surface area contributed by atoms with Crippen molar-refractivity contribution in [3.05, 3.63) is 71.3 Å². The Morgan fingerprint density at radius 3 is 2.33 bits per heavy atom. The van der Waals surface area contributed by atoms with Crippen LogP contribution in [0.5, 0.6) is 0 Å². The van der Waals surface area contributed by atoms with Crippen LogP contribution in [0.25, 0.3) is 0 Å². The molecule has 126 valence electrons. The molecule has 0 aliphatic carbocycles. The summed E-state index contributed by atoms with van der Waals surface area (Å²) in [6.45, 7) is 0.762. The lowest BCUT2D eigenvalue weighted by Crippen LogP contribution is -2.32. The summed E-state index contributed by atoms with van der Waals surface area (Å²) in [5.74, 6) is -0.263. The molecule has 0 heterocycles. The molecule has 0 aromatic heterocycles. The molecular weight excluding hydrogens is 302 g/mol. The summed E-state index contributed by atoms with van der Waals surface area (Å²) >= 11 is 0. The molecule has 6 nitrogen and oxygen atoms in total. The highest BCUT2D eigenvalue weighted by atomic mass is 16.2. The average Bonchev–Trinajstić information content (AvgIpc) is 2.53. The Balaban J connectivity index is 2.43. The molecule has 0 aliphatic rings. The molecule has 0 fully saturated rings. The van der Waals surface area contributed by atoms with Crippen LogP contribution in [-0.2, 0) is 6.54 Å². The third-order valence-corrected chi connectivity index (χ3v) is 3.48. The van der Waals surface area contributed by atoms with Gasteiger partial charge >= 0.3 is 6.03 Å². The lowest BCUT2D eigenvalue weighted by Gasteiger charge is -2.23. The van der Waals surface area contributed by atoms with Crippen molar-refractivity contribution in [3.63, 3.8) is 0 Å². The van der Waals surface area contributed by atoms with Crippen LogP contribution in [0.4, 0.5) is 4.79 Å². The van der Waals surface area contributed by atoms with E-state index >= 15 is 0 Å². The number of benzene rings is 2. The number of rotatable bonds is 5. The van der Waals surface area contributed by atoms with Gasteiger partial charge in [0.05, 0.1) is 6.04 Å². The molecular formula is C18H23N5O. The molecule has 2 rings (SSSR count). The third-order valence-electron chi connectivity index (χ3n) is 3.48. The first-order chi connectivity index (χ1) is 11.5. The van der Waals surface area contributed by atoms with Gasteiger partial charge in [-0.2, -0.15) is 4.99 Å². The Bertz CT molecular complexity index is 708. The van der Waals surface area contributed by atoms with Gasteiger partial charge in [0.15, 0.2) is 5.96 Å². The predicted octanol–water partition coefficient (Wildman–Crippen LogP) is 1.82. The second-order valence-corrected chi connectivity index (χ2v) is 5.77. The molecule has 0 radical (unpaired) electrons. The Hall–Kier alpha value is -2.86. The van der Waals surface area contributed by atoms with Gasteiger partial charge < -0.3 is 21.7 Å². The van der Waals surface area contributed by atoms with Gasteiger partial charge in [-0.05, 0) is 30.8 Å².